The predicted octanol–water partition coefficient (Wildman–Crippen LogP) is 3.53. The number of aromatic nitrogens is 2. The fourth-order valence-corrected chi connectivity index (χ4v) is 2.47. The molecule has 0 bridgehead atoms. The Morgan fingerprint density at radius 2 is 1.81 bits per heavy atom. The topological polar surface area (TPSA) is 64.9 Å². The molecule has 0 aliphatic heterocycles. The lowest BCUT2D eigenvalue weighted by molar-refractivity contribution is 0.424. The summed E-state index contributed by atoms with van der Waals surface area (Å²) < 4.78 is 5.32. The summed E-state index contributed by atoms with van der Waals surface area (Å²) >= 11 is 0. The summed E-state index contributed by atoms with van der Waals surface area (Å²) in [6.07, 6.45) is 0.661. The van der Waals surface area contributed by atoms with Crippen molar-refractivity contribution in [3.8, 4) is 11.5 Å². The largest absolute Gasteiger partial charge is 0.399 e. The standard InChI is InChI=1S/C17H17N3O/c1-11-6-12(2)8-13(7-11)9-16-19-17(21-20-16)14-4-3-5-15(18)10-14/h3-8,10H,9,18H2,1-2H3. The number of hydrogen-bond donors (Lipinski definition) is 1. The summed E-state index contributed by atoms with van der Waals surface area (Å²) in [4.78, 5) is 4.44. The predicted molar refractivity (Wildman–Crippen MR) is 82.9 cm³/mol. The second-order valence-electron chi connectivity index (χ2n) is 5.31. The molecule has 0 spiro atoms. The fourth-order valence-electron chi connectivity index (χ4n) is 2.47. The maximum atomic E-state index is 5.77. The Hall–Kier alpha value is -2.62. The van der Waals surface area contributed by atoms with Gasteiger partial charge in [0.25, 0.3) is 5.89 Å². The van der Waals surface area contributed by atoms with Crippen molar-refractivity contribution in [2.45, 2.75) is 20.3 Å². The summed E-state index contributed by atoms with van der Waals surface area (Å²) in [6.45, 7) is 4.18. The normalized spacial score (nSPS) is 10.8. The van der Waals surface area contributed by atoms with E-state index in [2.05, 4.69) is 42.2 Å². The summed E-state index contributed by atoms with van der Waals surface area (Å²) in [6, 6.07) is 13.9. The molecule has 1 aromatic heterocycles. The molecule has 0 saturated carbocycles. The van der Waals surface area contributed by atoms with Gasteiger partial charge in [0.15, 0.2) is 5.82 Å². The van der Waals surface area contributed by atoms with Crippen LogP contribution < -0.4 is 5.73 Å². The summed E-state index contributed by atoms with van der Waals surface area (Å²) in [7, 11) is 0. The minimum Gasteiger partial charge on any atom is -0.399 e. The van der Waals surface area contributed by atoms with Gasteiger partial charge in [-0.15, -0.1) is 0 Å². The van der Waals surface area contributed by atoms with Gasteiger partial charge in [0.2, 0.25) is 0 Å². The molecular weight excluding hydrogens is 262 g/mol. The minimum absolute atomic E-state index is 0.502. The lowest BCUT2D eigenvalue weighted by atomic mass is 10.1. The van der Waals surface area contributed by atoms with Crippen LogP contribution in [0.2, 0.25) is 0 Å². The highest BCUT2D eigenvalue weighted by molar-refractivity contribution is 5.59. The zero-order valence-electron chi connectivity index (χ0n) is 12.1. The molecule has 106 valence electrons. The van der Waals surface area contributed by atoms with Crippen molar-refractivity contribution in [2.24, 2.45) is 0 Å². The summed E-state index contributed by atoms with van der Waals surface area (Å²) in [5.74, 6) is 1.18. The van der Waals surface area contributed by atoms with E-state index < -0.39 is 0 Å². The third-order valence-electron chi connectivity index (χ3n) is 3.25. The van der Waals surface area contributed by atoms with Crippen molar-refractivity contribution in [1.82, 2.24) is 10.1 Å². The number of nitrogens with zero attached hydrogens (tertiary/aromatic N) is 2. The van der Waals surface area contributed by atoms with Crippen molar-refractivity contribution in [3.05, 3.63) is 65.0 Å². The van der Waals surface area contributed by atoms with Crippen LogP contribution in [-0.4, -0.2) is 10.1 Å². The first-order chi connectivity index (χ1) is 10.1. The number of benzene rings is 2. The van der Waals surface area contributed by atoms with Gasteiger partial charge in [-0.05, 0) is 37.6 Å². The molecule has 3 aromatic rings. The Morgan fingerprint density at radius 3 is 2.52 bits per heavy atom. The van der Waals surface area contributed by atoms with Crippen molar-refractivity contribution in [2.75, 3.05) is 5.73 Å². The smallest absolute Gasteiger partial charge is 0.258 e. The first-order valence-electron chi connectivity index (χ1n) is 6.86. The zero-order chi connectivity index (χ0) is 14.8. The van der Waals surface area contributed by atoms with E-state index in [4.69, 9.17) is 10.3 Å². The Bertz CT molecular complexity index is 757. The number of nitrogen functional groups attached to an aromatic ring is 1. The van der Waals surface area contributed by atoms with E-state index >= 15 is 0 Å². The van der Waals surface area contributed by atoms with Crippen molar-refractivity contribution >= 4 is 5.69 Å². The SMILES string of the molecule is Cc1cc(C)cc(Cc2noc(-c3cccc(N)c3)n2)c1. The molecule has 0 fully saturated rings. The van der Waals surface area contributed by atoms with Gasteiger partial charge in [-0.25, -0.2) is 0 Å². The molecule has 2 N–H and O–H groups in total. The van der Waals surface area contributed by atoms with Crippen LogP contribution >= 0.6 is 0 Å². The first kappa shape index (κ1) is 13.4. The molecule has 1 heterocycles. The fraction of sp³-hybridized carbons (Fsp3) is 0.176. The van der Waals surface area contributed by atoms with Gasteiger partial charge in [0, 0.05) is 17.7 Å². The van der Waals surface area contributed by atoms with Gasteiger partial charge in [-0.1, -0.05) is 40.5 Å². The van der Waals surface area contributed by atoms with E-state index in [0.29, 0.717) is 23.8 Å². The van der Waals surface area contributed by atoms with Crippen LogP contribution in [0, 0.1) is 13.8 Å². The van der Waals surface area contributed by atoms with E-state index in [0.717, 1.165) is 5.56 Å². The molecule has 0 radical (unpaired) electrons. The quantitative estimate of drug-likeness (QED) is 0.745. The van der Waals surface area contributed by atoms with E-state index in [9.17, 15) is 0 Å². The van der Waals surface area contributed by atoms with Crippen LogP contribution in [0.25, 0.3) is 11.5 Å². The maximum Gasteiger partial charge on any atom is 0.258 e. The van der Waals surface area contributed by atoms with Crippen LogP contribution in [0.5, 0.6) is 0 Å². The van der Waals surface area contributed by atoms with Crippen LogP contribution in [0.3, 0.4) is 0 Å². The van der Waals surface area contributed by atoms with Gasteiger partial charge in [0.1, 0.15) is 0 Å². The molecule has 4 nitrogen and oxygen atoms in total. The van der Waals surface area contributed by atoms with Crippen molar-refractivity contribution < 1.29 is 4.52 Å². The minimum atomic E-state index is 0.502. The van der Waals surface area contributed by atoms with Gasteiger partial charge in [-0.2, -0.15) is 4.98 Å². The average Bonchev–Trinajstić information content (AvgIpc) is 2.86. The number of hydrogen-bond acceptors (Lipinski definition) is 4. The van der Waals surface area contributed by atoms with E-state index in [1.165, 1.54) is 16.7 Å². The first-order valence-corrected chi connectivity index (χ1v) is 6.86. The molecule has 0 saturated heterocycles. The number of anilines is 1. The molecule has 0 atom stereocenters. The van der Waals surface area contributed by atoms with Crippen LogP contribution in [-0.2, 0) is 6.42 Å². The van der Waals surface area contributed by atoms with E-state index in [-0.39, 0.29) is 0 Å². The van der Waals surface area contributed by atoms with Crippen LogP contribution in [0.4, 0.5) is 5.69 Å². The third kappa shape index (κ3) is 3.11. The molecule has 0 unspecified atom stereocenters. The monoisotopic (exact) mass is 279 g/mol. The molecular formula is C17H17N3O. The Morgan fingerprint density at radius 1 is 1.05 bits per heavy atom. The van der Waals surface area contributed by atoms with E-state index in [1.807, 2.05) is 24.3 Å². The second kappa shape index (κ2) is 5.40. The van der Waals surface area contributed by atoms with Crippen LogP contribution in [0.1, 0.15) is 22.5 Å². The summed E-state index contributed by atoms with van der Waals surface area (Å²) in [5, 5.41) is 4.05. The Labute approximate surface area is 123 Å². The summed E-state index contributed by atoms with van der Waals surface area (Å²) in [5.41, 5.74) is 11.0. The van der Waals surface area contributed by atoms with Gasteiger partial charge < -0.3 is 10.3 Å². The highest BCUT2D eigenvalue weighted by atomic mass is 16.5. The molecule has 0 amide bonds. The Balaban J connectivity index is 1.85. The average molecular weight is 279 g/mol. The third-order valence-corrected chi connectivity index (χ3v) is 3.25. The van der Waals surface area contributed by atoms with Crippen LogP contribution in [0.15, 0.2) is 47.0 Å². The van der Waals surface area contributed by atoms with Gasteiger partial charge in [-0.3, -0.25) is 0 Å². The van der Waals surface area contributed by atoms with Crippen molar-refractivity contribution in [3.63, 3.8) is 0 Å². The maximum absolute atomic E-state index is 5.77. The molecule has 0 aliphatic rings. The molecule has 0 aliphatic carbocycles. The highest BCUT2D eigenvalue weighted by Gasteiger charge is 2.10. The Kier molecular flexibility index (Phi) is 3.44. The van der Waals surface area contributed by atoms with E-state index in [1.54, 1.807) is 0 Å². The number of rotatable bonds is 3. The highest BCUT2D eigenvalue weighted by Crippen LogP contribution is 2.20. The number of nitrogens with two attached hydrogens (primary N) is 1. The van der Waals surface area contributed by atoms with Gasteiger partial charge in [0.05, 0.1) is 0 Å². The number of aryl methyl sites for hydroxylation is 2. The zero-order valence-corrected chi connectivity index (χ0v) is 12.1. The lowest BCUT2D eigenvalue weighted by Gasteiger charge is -2.01. The lowest BCUT2D eigenvalue weighted by Crippen LogP contribution is -1.93. The van der Waals surface area contributed by atoms with Gasteiger partial charge >= 0.3 is 0 Å². The van der Waals surface area contributed by atoms with Crippen molar-refractivity contribution in [1.29, 1.82) is 0 Å². The molecule has 3 rings (SSSR count). The molecule has 2 aromatic carbocycles. The second-order valence-corrected chi connectivity index (χ2v) is 5.31. The molecule has 4 heteroatoms. The molecule has 21 heavy (non-hydrogen) atoms.